The maximum absolute atomic E-state index is 13.1. The van der Waals surface area contributed by atoms with E-state index in [2.05, 4.69) is 20.8 Å². The normalized spacial score (nSPS) is 15.0. The molecule has 0 fully saturated rings. The summed E-state index contributed by atoms with van der Waals surface area (Å²) in [6, 6.07) is 17.0. The van der Waals surface area contributed by atoms with Gasteiger partial charge in [-0.1, -0.05) is 63.2 Å². The number of carbonyl (C=O) groups is 2. The number of amides is 1. The fourth-order valence-corrected chi connectivity index (χ4v) is 3.38. The number of hydrogen-bond donors (Lipinski definition) is 0. The number of hydrogen-bond acceptors (Lipinski definition) is 4. The molecule has 0 radical (unpaired) electrons. The molecule has 1 aliphatic heterocycles. The van der Waals surface area contributed by atoms with E-state index in [1.165, 1.54) is 10.5 Å². The second kappa shape index (κ2) is 7.92. The van der Waals surface area contributed by atoms with Crippen LogP contribution in [-0.2, 0) is 21.5 Å². The highest BCUT2D eigenvalue weighted by Crippen LogP contribution is 2.36. The number of carbonyl (C=O) groups excluding carboxylic acids is 2. The molecule has 0 N–H and O–H groups in total. The highest BCUT2D eigenvalue weighted by Gasteiger charge is 2.36. The van der Waals surface area contributed by atoms with E-state index in [9.17, 15) is 14.9 Å². The number of benzene rings is 2. The minimum absolute atomic E-state index is 0.0289. The zero-order chi connectivity index (χ0) is 21.2. The molecule has 0 saturated heterocycles. The van der Waals surface area contributed by atoms with Crippen LogP contribution in [0.4, 0.5) is 0 Å². The van der Waals surface area contributed by atoms with Crippen molar-refractivity contribution in [3.63, 3.8) is 0 Å². The minimum Gasteiger partial charge on any atom is -0.462 e. The second-order valence-electron chi connectivity index (χ2n) is 7.94. The fraction of sp³-hybridized carbons (Fsp3) is 0.292. The zero-order valence-electron chi connectivity index (χ0n) is 17.2. The Morgan fingerprint density at radius 2 is 1.69 bits per heavy atom. The van der Waals surface area contributed by atoms with E-state index >= 15 is 0 Å². The van der Waals surface area contributed by atoms with Crippen molar-refractivity contribution in [1.82, 2.24) is 4.90 Å². The van der Waals surface area contributed by atoms with Crippen molar-refractivity contribution in [3.8, 4) is 6.07 Å². The van der Waals surface area contributed by atoms with E-state index in [0.717, 1.165) is 5.56 Å². The maximum Gasteiger partial charge on any atom is 0.351 e. The standard InChI is InChI=1S/C24H24N2O3/c1-5-29-23(28)20(14-25)21-18-8-6-7-9-19(18)22(27)26(21)15-16-10-12-17(13-11-16)24(2,3)4/h6-13H,5,15H2,1-4H3/b21-20-. The van der Waals surface area contributed by atoms with Gasteiger partial charge in [0.05, 0.1) is 18.8 Å². The summed E-state index contributed by atoms with van der Waals surface area (Å²) in [5, 5.41) is 9.66. The molecule has 0 atom stereocenters. The molecule has 1 aliphatic rings. The van der Waals surface area contributed by atoms with Crippen molar-refractivity contribution in [1.29, 1.82) is 5.26 Å². The van der Waals surface area contributed by atoms with Crippen LogP contribution in [0.25, 0.3) is 5.70 Å². The third kappa shape index (κ3) is 3.93. The van der Waals surface area contributed by atoms with Gasteiger partial charge >= 0.3 is 5.97 Å². The highest BCUT2D eigenvalue weighted by molar-refractivity contribution is 6.14. The molecule has 29 heavy (non-hydrogen) atoms. The monoisotopic (exact) mass is 388 g/mol. The lowest BCUT2D eigenvalue weighted by molar-refractivity contribution is -0.138. The number of nitriles is 1. The van der Waals surface area contributed by atoms with Crippen LogP contribution in [0, 0.1) is 11.3 Å². The van der Waals surface area contributed by atoms with Crippen LogP contribution in [0.3, 0.4) is 0 Å². The van der Waals surface area contributed by atoms with Crippen LogP contribution in [0.15, 0.2) is 54.1 Å². The van der Waals surface area contributed by atoms with E-state index in [1.54, 1.807) is 31.2 Å². The molecule has 0 bridgehead atoms. The van der Waals surface area contributed by atoms with Crippen LogP contribution < -0.4 is 0 Å². The first-order valence-electron chi connectivity index (χ1n) is 9.60. The Hall–Kier alpha value is -3.39. The predicted molar refractivity (Wildman–Crippen MR) is 111 cm³/mol. The molecule has 0 unspecified atom stereocenters. The average molecular weight is 388 g/mol. The van der Waals surface area contributed by atoms with E-state index in [4.69, 9.17) is 4.74 Å². The van der Waals surface area contributed by atoms with Crippen molar-refractivity contribution in [2.75, 3.05) is 6.61 Å². The molecule has 0 aliphatic carbocycles. The fourth-order valence-electron chi connectivity index (χ4n) is 3.38. The molecular weight excluding hydrogens is 364 g/mol. The topological polar surface area (TPSA) is 70.4 Å². The largest absolute Gasteiger partial charge is 0.462 e. The van der Waals surface area contributed by atoms with Gasteiger partial charge in [0.15, 0.2) is 5.57 Å². The Morgan fingerprint density at radius 3 is 2.24 bits per heavy atom. The minimum atomic E-state index is -0.720. The summed E-state index contributed by atoms with van der Waals surface area (Å²) in [6.07, 6.45) is 0. The third-order valence-electron chi connectivity index (χ3n) is 4.92. The highest BCUT2D eigenvalue weighted by atomic mass is 16.5. The first-order chi connectivity index (χ1) is 13.8. The van der Waals surface area contributed by atoms with Crippen molar-refractivity contribution in [2.45, 2.75) is 39.7 Å². The SMILES string of the molecule is CCOC(=O)/C(C#N)=C1/c2ccccc2C(=O)N1Cc1ccc(C(C)(C)C)cc1. The van der Waals surface area contributed by atoms with Gasteiger partial charge in [-0.25, -0.2) is 4.79 Å². The Labute approximate surface area is 171 Å². The molecular formula is C24H24N2O3. The summed E-state index contributed by atoms with van der Waals surface area (Å²) >= 11 is 0. The van der Waals surface area contributed by atoms with E-state index in [-0.39, 0.29) is 30.0 Å². The molecule has 2 aromatic rings. The van der Waals surface area contributed by atoms with E-state index < -0.39 is 5.97 Å². The van der Waals surface area contributed by atoms with Gasteiger partial charge in [0.1, 0.15) is 6.07 Å². The molecule has 1 amide bonds. The quantitative estimate of drug-likeness (QED) is 0.441. The van der Waals surface area contributed by atoms with Crippen molar-refractivity contribution >= 4 is 17.6 Å². The Balaban J connectivity index is 2.06. The molecule has 0 spiro atoms. The lowest BCUT2D eigenvalue weighted by Crippen LogP contribution is -2.25. The van der Waals surface area contributed by atoms with Gasteiger partial charge in [0.2, 0.25) is 0 Å². The zero-order valence-corrected chi connectivity index (χ0v) is 17.2. The molecule has 1 heterocycles. The summed E-state index contributed by atoms with van der Waals surface area (Å²) in [5.41, 5.74) is 3.35. The third-order valence-corrected chi connectivity index (χ3v) is 4.92. The van der Waals surface area contributed by atoms with Gasteiger partial charge in [-0.15, -0.1) is 0 Å². The smallest absolute Gasteiger partial charge is 0.351 e. The van der Waals surface area contributed by atoms with Crippen molar-refractivity contribution in [2.24, 2.45) is 0 Å². The van der Waals surface area contributed by atoms with Crippen molar-refractivity contribution in [3.05, 3.63) is 76.4 Å². The van der Waals surface area contributed by atoms with Gasteiger partial charge in [-0.2, -0.15) is 5.26 Å². The van der Waals surface area contributed by atoms with Gasteiger partial charge in [-0.3, -0.25) is 4.79 Å². The number of ether oxygens (including phenoxy) is 1. The number of rotatable bonds is 4. The lowest BCUT2D eigenvalue weighted by Gasteiger charge is -2.22. The summed E-state index contributed by atoms with van der Waals surface area (Å²) in [5.74, 6) is -0.949. The van der Waals surface area contributed by atoms with Gasteiger partial charge < -0.3 is 9.64 Å². The van der Waals surface area contributed by atoms with Crippen LogP contribution in [0.2, 0.25) is 0 Å². The summed E-state index contributed by atoms with van der Waals surface area (Å²) in [4.78, 5) is 27.0. The maximum atomic E-state index is 13.1. The van der Waals surface area contributed by atoms with Crippen LogP contribution in [-0.4, -0.2) is 23.4 Å². The molecule has 5 nitrogen and oxygen atoms in total. The van der Waals surface area contributed by atoms with E-state index in [0.29, 0.717) is 16.8 Å². The Morgan fingerprint density at radius 1 is 1.07 bits per heavy atom. The van der Waals surface area contributed by atoms with Gasteiger partial charge in [0.25, 0.3) is 5.91 Å². The number of esters is 1. The van der Waals surface area contributed by atoms with Gasteiger partial charge in [-0.05, 0) is 29.5 Å². The molecule has 3 rings (SSSR count). The van der Waals surface area contributed by atoms with Crippen LogP contribution in [0.1, 0.15) is 54.7 Å². The summed E-state index contributed by atoms with van der Waals surface area (Å²) in [6.45, 7) is 8.52. The van der Waals surface area contributed by atoms with Gasteiger partial charge in [0, 0.05) is 11.1 Å². The molecule has 2 aromatic carbocycles. The van der Waals surface area contributed by atoms with Crippen LogP contribution >= 0.6 is 0 Å². The van der Waals surface area contributed by atoms with E-state index in [1.807, 2.05) is 30.3 Å². The summed E-state index contributed by atoms with van der Waals surface area (Å²) in [7, 11) is 0. The average Bonchev–Trinajstić information content (AvgIpc) is 2.95. The first-order valence-corrected chi connectivity index (χ1v) is 9.60. The number of fused-ring (bicyclic) bond motifs is 1. The molecule has 0 saturated carbocycles. The number of nitrogens with zero attached hydrogens (tertiary/aromatic N) is 2. The molecule has 5 heteroatoms. The van der Waals surface area contributed by atoms with Crippen molar-refractivity contribution < 1.29 is 14.3 Å². The summed E-state index contributed by atoms with van der Waals surface area (Å²) < 4.78 is 5.05. The second-order valence-corrected chi connectivity index (χ2v) is 7.94. The first kappa shape index (κ1) is 20.3. The Kier molecular flexibility index (Phi) is 5.56. The van der Waals surface area contributed by atoms with Crippen LogP contribution in [0.5, 0.6) is 0 Å². The molecule has 0 aromatic heterocycles. The predicted octanol–water partition coefficient (Wildman–Crippen LogP) is 4.44. The molecule has 148 valence electrons. The lowest BCUT2D eigenvalue weighted by atomic mass is 9.87. The Bertz CT molecular complexity index is 1020.